The summed E-state index contributed by atoms with van der Waals surface area (Å²) in [5.41, 5.74) is 6.45. The van der Waals surface area contributed by atoms with Crippen molar-refractivity contribution in [1.82, 2.24) is 10.2 Å². The SMILES string of the molecule is COc1cccc(CN2CCNCC2C(N)=O)c1OC. The molecule has 1 fully saturated rings. The summed E-state index contributed by atoms with van der Waals surface area (Å²) in [5.74, 6) is 1.09. The maximum atomic E-state index is 11.5. The van der Waals surface area contributed by atoms with Gasteiger partial charge in [-0.2, -0.15) is 0 Å². The number of nitrogens with zero attached hydrogens (tertiary/aromatic N) is 1. The minimum atomic E-state index is -0.306. The first-order valence-electron chi connectivity index (χ1n) is 6.61. The molecule has 1 amide bonds. The molecule has 1 aliphatic heterocycles. The molecule has 110 valence electrons. The average molecular weight is 279 g/mol. The molecule has 2 rings (SSSR count). The van der Waals surface area contributed by atoms with Crippen LogP contribution >= 0.6 is 0 Å². The number of ether oxygens (including phenoxy) is 2. The highest BCUT2D eigenvalue weighted by Crippen LogP contribution is 2.31. The quantitative estimate of drug-likeness (QED) is 0.791. The second-order valence-corrected chi connectivity index (χ2v) is 4.75. The molecule has 6 nitrogen and oxygen atoms in total. The van der Waals surface area contributed by atoms with Crippen molar-refractivity contribution in [2.24, 2.45) is 5.73 Å². The van der Waals surface area contributed by atoms with Crippen LogP contribution in [0, 0.1) is 0 Å². The smallest absolute Gasteiger partial charge is 0.236 e. The predicted octanol–water partition coefficient (Wildman–Crippen LogP) is -0.0371. The van der Waals surface area contributed by atoms with Crippen molar-refractivity contribution in [3.63, 3.8) is 0 Å². The standard InChI is InChI=1S/C14H21N3O3/c1-19-12-5-3-4-10(13(12)20-2)9-17-7-6-16-8-11(17)14(15)18/h3-5,11,16H,6-9H2,1-2H3,(H2,15,18). The van der Waals surface area contributed by atoms with Gasteiger partial charge in [-0.15, -0.1) is 0 Å². The number of hydrogen-bond donors (Lipinski definition) is 2. The second kappa shape index (κ2) is 6.58. The van der Waals surface area contributed by atoms with E-state index >= 15 is 0 Å². The Bertz CT molecular complexity index is 479. The molecule has 1 aliphatic rings. The van der Waals surface area contributed by atoms with Crippen molar-refractivity contribution in [2.45, 2.75) is 12.6 Å². The summed E-state index contributed by atoms with van der Waals surface area (Å²) in [6.45, 7) is 2.81. The molecule has 0 saturated carbocycles. The van der Waals surface area contributed by atoms with Gasteiger partial charge < -0.3 is 20.5 Å². The number of carbonyl (C=O) groups is 1. The van der Waals surface area contributed by atoms with Gasteiger partial charge in [0.2, 0.25) is 5.91 Å². The zero-order valence-electron chi connectivity index (χ0n) is 11.9. The van der Waals surface area contributed by atoms with Gasteiger partial charge >= 0.3 is 0 Å². The Labute approximate surface area is 118 Å². The third-order valence-corrected chi connectivity index (χ3v) is 3.54. The van der Waals surface area contributed by atoms with Crippen LogP contribution < -0.4 is 20.5 Å². The van der Waals surface area contributed by atoms with Gasteiger partial charge in [0.15, 0.2) is 11.5 Å². The lowest BCUT2D eigenvalue weighted by Crippen LogP contribution is -2.56. The fourth-order valence-corrected chi connectivity index (χ4v) is 2.51. The van der Waals surface area contributed by atoms with Crippen molar-refractivity contribution < 1.29 is 14.3 Å². The van der Waals surface area contributed by atoms with Gasteiger partial charge in [-0.3, -0.25) is 9.69 Å². The Morgan fingerprint density at radius 3 is 2.90 bits per heavy atom. The molecular weight excluding hydrogens is 258 g/mol. The molecule has 0 aromatic heterocycles. The molecular formula is C14H21N3O3. The lowest BCUT2D eigenvalue weighted by atomic mass is 10.1. The van der Waals surface area contributed by atoms with Gasteiger partial charge in [0.05, 0.1) is 14.2 Å². The Hall–Kier alpha value is -1.79. The maximum Gasteiger partial charge on any atom is 0.236 e. The van der Waals surface area contributed by atoms with Gasteiger partial charge in [0.25, 0.3) is 0 Å². The average Bonchev–Trinajstić information content (AvgIpc) is 2.47. The van der Waals surface area contributed by atoms with E-state index in [1.807, 2.05) is 18.2 Å². The number of carbonyl (C=O) groups excluding carboxylic acids is 1. The van der Waals surface area contributed by atoms with E-state index in [9.17, 15) is 4.79 Å². The van der Waals surface area contributed by atoms with Gasteiger partial charge in [0.1, 0.15) is 6.04 Å². The Morgan fingerprint density at radius 1 is 1.45 bits per heavy atom. The molecule has 1 atom stereocenters. The van der Waals surface area contributed by atoms with E-state index in [1.54, 1.807) is 14.2 Å². The maximum absolute atomic E-state index is 11.5. The molecule has 1 aromatic rings. The van der Waals surface area contributed by atoms with E-state index < -0.39 is 0 Å². The van der Waals surface area contributed by atoms with Crippen molar-refractivity contribution >= 4 is 5.91 Å². The number of benzene rings is 1. The van der Waals surface area contributed by atoms with Crippen molar-refractivity contribution in [1.29, 1.82) is 0 Å². The van der Waals surface area contributed by atoms with Crippen LogP contribution in [0.4, 0.5) is 0 Å². The molecule has 3 N–H and O–H groups in total. The Balaban J connectivity index is 2.22. The summed E-state index contributed by atoms with van der Waals surface area (Å²) in [5, 5.41) is 3.18. The van der Waals surface area contributed by atoms with Crippen LogP contribution in [0.5, 0.6) is 11.5 Å². The van der Waals surface area contributed by atoms with Crippen molar-refractivity contribution in [2.75, 3.05) is 33.9 Å². The number of methoxy groups -OCH3 is 2. The highest BCUT2D eigenvalue weighted by molar-refractivity contribution is 5.80. The molecule has 0 bridgehead atoms. The highest BCUT2D eigenvalue weighted by atomic mass is 16.5. The van der Waals surface area contributed by atoms with Crippen molar-refractivity contribution in [3.8, 4) is 11.5 Å². The molecule has 1 heterocycles. The van der Waals surface area contributed by atoms with Gasteiger partial charge in [0, 0.05) is 31.7 Å². The minimum absolute atomic E-state index is 0.292. The zero-order chi connectivity index (χ0) is 14.5. The first-order chi connectivity index (χ1) is 9.67. The summed E-state index contributed by atoms with van der Waals surface area (Å²) in [4.78, 5) is 13.6. The summed E-state index contributed by atoms with van der Waals surface area (Å²) in [7, 11) is 3.23. The number of amides is 1. The number of rotatable bonds is 5. The van der Waals surface area contributed by atoms with E-state index in [1.165, 1.54) is 0 Å². The first kappa shape index (κ1) is 14.6. The molecule has 0 spiro atoms. The Morgan fingerprint density at radius 2 is 2.25 bits per heavy atom. The largest absolute Gasteiger partial charge is 0.493 e. The van der Waals surface area contributed by atoms with Gasteiger partial charge in [-0.1, -0.05) is 12.1 Å². The monoisotopic (exact) mass is 279 g/mol. The summed E-state index contributed by atoms with van der Waals surface area (Å²) in [6, 6.07) is 5.45. The van der Waals surface area contributed by atoms with Gasteiger partial charge in [-0.25, -0.2) is 0 Å². The zero-order valence-corrected chi connectivity index (χ0v) is 11.9. The first-order valence-corrected chi connectivity index (χ1v) is 6.61. The van der Waals surface area contributed by atoms with E-state index in [2.05, 4.69) is 10.2 Å². The van der Waals surface area contributed by atoms with E-state index in [0.717, 1.165) is 18.7 Å². The van der Waals surface area contributed by atoms with E-state index in [-0.39, 0.29) is 11.9 Å². The lowest BCUT2D eigenvalue weighted by molar-refractivity contribution is -0.124. The number of nitrogens with one attached hydrogen (secondary N) is 1. The topological polar surface area (TPSA) is 76.8 Å². The highest BCUT2D eigenvalue weighted by Gasteiger charge is 2.27. The minimum Gasteiger partial charge on any atom is -0.493 e. The van der Waals surface area contributed by atoms with Crippen LogP contribution in [0.15, 0.2) is 18.2 Å². The second-order valence-electron chi connectivity index (χ2n) is 4.75. The summed E-state index contributed by atoms with van der Waals surface area (Å²) < 4.78 is 10.7. The fraction of sp³-hybridized carbons (Fsp3) is 0.500. The molecule has 6 heteroatoms. The normalized spacial score (nSPS) is 19.6. The number of para-hydroxylation sites is 1. The van der Waals surface area contributed by atoms with E-state index in [0.29, 0.717) is 24.6 Å². The number of primary amides is 1. The molecule has 20 heavy (non-hydrogen) atoms. The van der Waals surface area contributed by atoms with Crippen LogP contribution in [0.25, 0.3) is 0 Å². The Kier molecular flexibility index (Phi) is 4.81. The lowest BCUT2D eigenvalue weighted by Gasteiger charge is -2.34. The molecule has 0 aliphatic carbocycles. The molecule has 1 aromatic carbocycles. The number of hydrogen-bond acceptors (Lipinski definition) is 5. The van der Waals surface area contributed by atoms with Crippen LogP contribution in [-0.2, 0) is 11.3 Å². The third-order valence-electron chi connectivity index (χ3n) is 3.54. The summed E-state index contributed by atoms with van der Waals surface area (Å²) in [6.07, 6.45) is 0. The predicted molar refractivity (Wildman–Crippen MR) is 75.8 cm³/mol. The van der Waals surface area contributed by atoms with Crippen LogP contribution in [0.1, 0.15) is 5.56 Å². The molecule has 0 radical (unpaired) electrons. The fourth-order valence-electron chi connectivity index (χ4n) is 2.51. The summed E-state index contributed by atoms with van der Waals surface area (Å²) >= 11 is 0. The van der Waals surface area contributed by atoms with Crippen LogP contribution in [0.3, 0.4) is 0 Å². The van der Waals surface area contributed by atoms with Crippen LogP contribution in [-0.4, -0.2) is 50.7 Å². The molecule has 1 unspecified atom stereocenters. The van der Waals surface area contributed by atoms with Crippen molar-refractivity contribution in [3.05, 3.63) is 23.8 Å². The van der Waals surface area contributed by atoms with E-state index in [4.69, 9.17) is 15.2 Å². The van der Waals surface area contributed by atoms with Crippen LogP contribution in [0.2, 0.25) is 0 Å². The number of nitrogens with two attached hydrogens (primary N) is 1. The van der Waals surface area contributed by atoms with Gasteiger partial charge in [-0.05, 0) is 6.07 Å². The number of piperazine rings is 1. The molecule has 1 saturated heterocycles. The third kappa shape index (κ3) is 3.02.